The van der Waals surface area contributed by atoms with Crippen LogP contribution in [0.1, 0.15) is 47.0 Å². The van der Waals surface area contributed by atoms with Gasteiger partial charge >= 0.3 is 0 Å². The summed E-state index contributed by atoms with van der Waals surface area (Å²) >= 11 is 0. The van der Waals surface area contributed by atoms with Crippen LogP contribution in [0.3, 0.4) is 0 Å². The van der Waals surface area contributed by atoms with E-state index in [1.54, 1.807) is 0 Å². The van der Waals surface area contributed by atoms with Crippen LogP contribution < -0.4 is 11.1 Å². The van der Waals surface area contributed by atoms with Crippen LogP contribution in [0, 0.1) is 5.92 Å². The van der Waals surface area contributed by atoms with Gasteiger partial charge in [-0.15, -0.1) is 0 Å². The van der Waals surface area contributed by atoms with E-state index in [1.165, 1.54) is 0 Å². The summed E-state index contributed by atoms with van der Waals surface area (Å²) in [6.07, 6.45) is 2.65. The summed E-state index contributed by atoms with van der Waals surface area (Å²) in [5.74, 6) is 0.199. The zero-order valence-corrected chi connectivity index (χ0v) is 11.5. The summed E-state index contributed by atoms with van der Waals surface area (Å²) < 4.78 is 5.62. The van der Waals surface area contributed by atoms with Crippen molar-refractivity contribution in [3.8, 4) is 0 Å². The average Bonchev–Trinajstić information content (AvgIpc) is 2.25. The highest BCUT2D eigenvalue weighted by Crippen LogP contribution is 2.24. The van der Waals surface area contributed by atoms with E-state index in [4.69, 9.17) is 10.5 Å². The smallest absolute Gasteiger partial charge is 0.237 e. The Labute approximate surface area is 104 Å². The molecule has 1 fully saturated rings. The Balaban J connectivity index is 2.46. The van der Waals surface area contributed by atoms with Crippen LogP contribution in [0.5, 0.6) is 0 Å². The van der Waals surface area contributed by atoms with Crippen molar-refractivity contribution < 1.29 is 9.53 Å². The zero-order chi connectivity index (χ0) is 13.1. The van der Waals surface area contributed by atoms with Crippen molar-refractivity contribution in [1.82, 2.24) is 5.32 Å². The first-order chi connectivity index (χ1) is 7.85. The highest BCUT2D eigenvalue weighted by atomic mass is 16.5. The van der Waals surface area contributed by atoms with Gasteiger partial charge in [-0.2, -0.15) is 0 Å². The number of hydrogen-bond acceptors (Lipinski definition) is 3. The van der Waals surface area contributed by atoms with Gasteiger partial charge in [0.05, 0.1) is 11.6 Å². The van der Waals surface area contributed by atoms with Crippen LogP contribution in [0.2, 0.25) is 0 Å². The molecule has 3 N–H and O–H groups in total. The van der Waals surface area contributed by atoms with Crippen molar-refractivity contribution in [3.63, 3.8) is 0 Å². The van der Waals surface area contributed by atoms with Crippen molar-refractivity contribution in [3.05, 3.63) is 0 Å². The number of amides is 1. The largest absolute Gasteiger partial charge is 0.375 e. The zero-order valence-electron chi connectivity index (χ0n) is 11.5. The second-order valence-corrected chi connectivity index (χ2v) is 5.72. The van der Waals surface area contributed by atoms with Gasteiger partial charge in [0.1, 0.15) is 0 Å². The van der Waals surface area contributed by atoms with Gasteiger partial charge in [-0.3, -0.25) is 4.79 Å². The lowest BCUT2D eigenvalue weighted by Crippen LogP contribution is -2.52. The minimum Gasteiger partial charge on any atom is -0.375 e. The molecule has 0 radical (unpaired) electrons. The molecule has 1 saturated heterocycles. The molecule has 17 heavy (non-hydrogen) atoms. The van der Waals surface area contributed by atoms with Crippen molar-refractivity contribution in [2.45, 2.75) is 64.6 Å². The van der Waals surface area contributed by atoms with Crippen LogP contribution >= 0.6 is 0 Å². The maximum atomic E-state index is 11.9. The van der Waals surface area contributed by atoms with E-state index >= 15 is 0 Å². The molecule has 1 heterocycles. The van der Waals surface area contributed by atoms with E-state index in [2.05, 4.69) is 26.1 Å². The minimum atomic E-state index is -0.397. The normalized spacial score (nSPS) is 27.2. The monoisotopic (exact) mass is 242 g/mol. The molecule has 1 amide bonds. The van der Waals surface area contributed by atoms with Crippen molar-refractivity contribution in [2.75, 3.05) is 6.61 Å². The SMILES string of the molecule is CCC(C)[C@H](N)C(=O)NC1CCOC(C)(C)C1. The van der Waals surface area contributed by atoms with Gasteiger partial charge in [-0.05, 0) is 32.6 Å². The van der Waals surface area contributed by atoms with Gasteiger partial charge in [0, 0.05) is 12.6 Å². The third-order valence-electron chi connectivity index (χ3n) is 3.60. The third-order valence-corrected chi connectivity index (χ3v) is 3.60. The van der Waals surface area contributed by atoms with Gasteiger partial charge in [0.15, 0.2) is 0 Å². The summed E-state index contributed by atoms with van der Waals surface area (Å²) in [4.78, 5) is 11.9. The number of carbonyl (C=O) groups is 1. The molecule has 0 aromatic heterocycles. The highest BCUT2D eigenvalue weighted by molar-refractivity contribution is 5.82. The van der Waals surface area contributed by atoms with Gasteiger partial charge in [-0.25, -0.2) is 0 Å². The van der Waals surface area contributed by atoms with E-state index in [0.717, 1.165) is 19.3 Å². The summed E-state index contributed by atoms with van der Waals surface area (Å²) in [5, 5.41) is 3.05. The fourth-order valence-electron chi connectivity index (χ4n) is 2.16. The predicted octanol–water partition coefficient (Wildman–Crippen LogP) is 1.43. The Morgan fingerprint density at radius 2 is 2.24 bits per heavy atom. The number of nitrogens with one attached hydrogen (secondary N) is 1. The predicted molar refractivity (Wildman–Crippen MR) is 68.6 cm³/mol. The quantitative estimate of drug-likeness (QED) is 0.784. The Morgan fingerprint density at radius 1 is 1.59 bits per heavy atom. The molecule has 4 nitrogen and oxygen atoms in total. The fourth-order valence-corrected chi connectivity index (χ4v) is 2.16. The molecule has 3 atom stereocenters. The summed E-state index contributed by atoms with van der Waals surface area (Å²) in [5.41, 5.74) is 5.77. The molecule has 2 unspecified atom stereocenters. The molecule has 1 aliphatic rings. The fraction of sp³-hybridized carbons (Fsp3) is 0.923. The average molecular weight is 242 g/mol. The number of nitrogens with two attached hydrogens (primary N) is 1. The van der Waals surface area contributed by atoms with Crippen LogP contribution in [0.25, 0.3) is 0 Å². The van der Waals surface area contributed by atoms with Crippen molar-refractivity contribution in [2.24, 2.45) is 11.7 Å². The third kappa shape index (κ3) is 4.28. The number of hydrogen-bond donors (Lipinski definition) is 2. The molecule has 100 valence electrons. The first kappa shape index (κ1) is 14.5. The lowest BCUT2D eigenvalue weighted by atomic mass is 9.93. The number of rotatable bonds is 4. The van der Waals surface area contributed by atoms with Crippen LogP contribution in [0.15, 0.2) is 0 Å². The summed E-state index contributed by atoms with van der Waals surface area (Å²) in [6.45, 7) is 8.88. The maximum Gasteiger partial charge on any atom is 0.237 e. The van der Waals surface area contributed by atoms with Crippen molar-refractivity contribution in [1.29, 1.82) is 0 Å². The molecular weight excluding hydrogens is 216 g/mol. The molecular formula is C13H26N2O2. The Kier molecular flexibility index (Phi) is 4.95. The van der Waals surface area contributed by atoms with Crippen LogP contribution in [-0.2, 0) is 9.53 Å². The first-order valence-corrected chi connectivity index (χ1v) is 6.55. The molecule has 1 rings (SSSR count). The molecule has 1 aliphatic heterocycles. The van der Waals surface area contributed by atoms with Gasteiger partial charge < -0.3 is 15.8 Å². The maximum absolute atomic E-state index is 11.9. The lowest BCUT2D eigenvalue weighted by Gasteiger charge is -2.36. The standard InChI is InChI=1S/C13H26N2O2/c1-5-9(2)11(14)12(16)15-10-6-7-17-13(3,4)8-10/h9-11H,5-8,14H2,1-4H3,(H,15,16)/t9?,10?,11-/m0/s1. The number of ether oxygens (including phenoxy) is 1. The first-order valence-electron chi connectivity index (χ1n) is 6.55. The van der Waals surface area contributed by atoms with Crippen LogP contribution in [0.4, 0.5) is 0 Å². The number of carbonyl (C=O) groups excluding carboxylic acids is 1. The van der Waals surface area contributed by atoms with Gasteiger partial charge in [-0.1, -0.05) is 20.3 Å². The highest BCUT2D eigenvalue weighted by Gasteiger charge is 2.31. The second-order valence-electron chi connectivity index (χ2n) is 5.72. The van der Waals surface area contributed by atoms with Crippen molar-refractivity contribution >= 4 is 5.91 Å². The molecule has 0 aliphatic carbocycles. The molecule has 4 heteroatoms. The topological polar surface area (TPSA) is 64.4 Å². The molecule has 0 aromatic rings. The molecule has 0 bridgehead atoms. The van der Waals surface area contributed by atoms with Gasteiger partial charge in [0.25, 0.3) is 0 Å². The Bertz CT molecular complexity index is 266. The Morgan fingerprint density at radius 3 is 2.76 bits per heavy atom. The Hall–Kier alpha value is -0.610. The molecule has 0 aromatic carbocycles. The van der Waals surface area contributed by atoms with E-state index < -0.39 is 6.04 Å². The molecule has 0 spiro atoms. The van der Waals surface area contributed by atoms with E-state index in [1.807, 2.05) is 6.92 Å². The van der Waals surface area contributed by atoms with Gasteiger partial charge in [0.2, 0.25) is 5.91 Å². The van der Waals surface area contributed by atoms with E-state index in [-0.39, 0.29) is 23.5 Å². The summed E-state index contributed by atoms with van der Waals surface area (Å²) in [7, 11) is 0. The van der Waals surface area contributed by atoms with Crippen LogP contribution in [-0.4, -0.2) is 30.2 Å². The summed E-state index contributed by atoms with van der Waals surface area (Å²) in [6, 6.07) is -0.202. The lowest BCUT2D eigenvalue weighted by molar-refractivity contribution is -0.126. The second kappa shape index (κ2) is 5.83. The molecule has 0 saturated carbocycles. The van der Waals surface area contributed by atoms with E-state index in [9.17, 15) is 4.79 Å². The van der Waals surface area contributed by atoms with E-state index in [0.29, 0.717) is 6.61 Å². The minimum absolute atomic E-state index is 0.0259.